The van der Waals surface area contributed by atoms with E-state index in [0.717, 1.165) is 29.0 Å². The van der Waals surface area contributed by atoms with Crippen LogP contribution in [0.25, 0.3) is 11.4 Å². The normalized spacial score (nSPS) is 10.9. The molecular weight excluding hydrogens is 264 g/mol. The van der Waals surface area contributed by atoms with Crippen LogP contribution in [0.1, 0.15) is 44.4 Å². The van der Waals surface area contributed by atoms with Crippen molar-refractivity contribution in [2.24, 2.45) is 0 Å². The van der Waals surface area contributed by atoms with Gasteiger partial charge in [0.05, 0.1) is 6.61 Å². The lowest BCUT2D eigenvalue weighted by molar-refractivity contribution is 0.317. The largest absolute Gasteiger partial charge is 0.494 e. The van der Waals surface area contributed by atoms with Gasteiger partial charge in [-0.15, -0.1) is 0 Å². The second-order valence-electron chi connectivity index (χ2n) is 5.44. The minimum atomic E-state index is -0.0567. The van der Waals surface area contributed by atoms with Crippen LogP contribution in [0.15, 0.2) is 29.1 Å². The van der Waals surface area contributed by atoms with Gasteiger partial charge in [0.1, 0.15) is 11.6 Å². The Balaban J connectivity index is 2.32. The molecule has 2 rings (SSSR count). The predicted octanol–water partition coefficient (Wildman–Crippen LogP) is 3.66. The number of H-pyrrole nitrogens is 1. The minimum absolute atomic E-state index is 0.0567. The van der Waals surface area contributed by atoms with E-state index in [4.69, 9.17) is 4.74 Å². The Morgan fingerprint density at radius 3 is 2.43 bits per heavy atom. The van der Waals surface area contributed by atoms with Gasteiger partial charge in [-0.05, 0) is 43.5 Å². The van der Waals surface area contributed by atoms with Gasteiger partial charge in [0.25, 0.3) is 5.56 Å². The summed E-state index contributed by atoms with van der Waals surface area (Å²) in [5.41, 5.74) is 2.37. The maximum atomic E-state index is 12.2. The van der Waals surface area contributed by atoms with Gasteiger partial charge in [0.15, 0.2) is 0 Å². The molecule has 0 atom stereocenters. The topological polar surface area (TPSA) is 55.0 Å². The van der Waals surface area contributed by atoms with Gasteiger partial charge in [-0.25, -0.2) is 4.98 Å². The summed E-state index contributed by atoms with van der Waals surface area (Å²) in [7, 11) is 0. The molecule has 1 aromatic carbocycles. The van der Waals surface area contributed by atoms with Crippen molar-refractivity contribution in [2.75, 3.05) is 6.61 Å². The molecule has 0 saturated heterocycles. The van der Waals surface area contributed by atoms with E-state index in [9.17, 15) is 4.79 Å². The smallest absolute Gasteiger partial charge is 0.254 e. The zero-order chi connectivity index (χ0) is 15.4. The standard InChI is InChI=1S/C17H22N2O2/c1-5-10-21-14-8-6-13(7-9-14)16-18-12(4)15(11(2)3)17(20)19-16/h6-9,11H,5,10H2,1-4H3,(H,18,19,20). The highest BCUT2D eigenvalue weighted by molar-refractivity contribution is 5.56. The van der Waals surface area contributed by atoms with E-state index < -0.39 is 0 Å². The second-order valence-corrected chi connectivity index (χ2v) is 5.44. The molecule has 0 bridgehead atoms. The molecule has 0 aliphatic carbocycles. The third kappa shape index (κ3) is 3.51. The van der Waals surface area contributed by atoms with Crippen LogP contribution in [-0.2, 0) is 0 Å². The number of nitrogens with zero attached hydrogens (tertiary/aromatic N) is 1. The average molecular weight is 286 g/mol. The number of hydrogen-bond donors (Lipinski definition) is 1. The molecule has 0 unspecified atom stereocenters. The fourth-order valence-electron chi connectivity index (χ4n) is 2.34. The zero-order valence-electron chi connectivity index (χ0n) is 13.1. The first-order valence-corrected chi connectivity index (χ1v) is 7.37. The molecule has 1 heterocycles. The van der Waals surface area contributed by atoms with Crippen LogP contribution in [0.2, 0.25) is 0 Å². The molecule has 2 aromatic rings. The highest BCUT2D eigenvalue weighted by Gasteiger charge is 2.12. The first-order valence-electron chi connectivity index (χ1n) is 7.37. The molecule has 0 amide bonds. The predicted molar refractivity (Wildman–Crippen MR) is 84.9 cm³/mol. The summed E-state index contributed by atoms with van der Waals surface area (Å²) in [5.74, 6) is 1.60. The highest BCUT2D eigenvalue weighted by atomic mass is 16.5. The molecule has 112 valence electrons. The van der Waals surface area contributed by atoms with E-state index in [1.165, 1.54) is 0 Å². The summed E-state index contributed by atoms with van der Waals surface area (Å²) in [6, 6.07) is 7.63. The van der Waals surface area contributed by atoms with Gasteiger partial charge in [-0.1, -0.05) is 20.8 Å². The Kier molecular flexibility index (Phi) is 4.78. The molecule has 0 radical (unpaired) electrons. The molecule has 1 N–H and O–H groups in total. The van der Waals surface area contributed by atoms with Crippen molar-refractivity contribution < 1.29 is 4.74 Å². The average Bonchev–Trinajstić information content (AvgIpc) is 2.44. The van der Waals surface area contributed by atoms with E-state index in [2.05, 4.69) is 16.9 Å². The molecule has 4 nitrogen and oxygen atoms in total. The summed E-state index contributed by atoms with van der Waals surface area (Å²) in [6.45, 7) is 8.66. The highest BCUT2D eigenvalue weighted by Crippen LogP contribution is 2.21. The number of aromatic amines is 1. The van der Waals surface area contributed by atoms with Crippen LogP contribution < -0.4 is 10.3 Å². The Bertz CT molecular complexity index is 657. The molecule has 0 aliphatic heterocycles. The molecule has 0 aliphatic rings. The van der Waals surface area contributed by atoms with Crippen LogP contribution in [0, 0.1) is 6.92 Å². The van der Waals surface area contributed by atoms with E-state index in [0.29, 0.717) is 12.4 Å². The molecule has 4 heteroatoms. The number of aryl methyl sites for hydroxylation is 1. The summed E-state index contributed by atoms with van der Waals surface area (Å²) >= 11 is 0. The van der Waals surface area contributed by atoms with Crippen molar-refractivity contribution in [3.05, 3.63) is 45.9 Å². The monoisotopic (exact) mass is 286 g/mol. The molecule has 0 saturated carbocycles. The number of ether oxygens (including phenoxy) is 1. The Hall–Kier alpha value is -2.10. The number of rotatable bonds is 5. The second kappa shape index (κ2) is 6.57. The first kappa shape index (κ1) is 15.3. The molecule has 0 fully saturated rings. The van der Waals surface area contributed by atoms with Crippen LogP contribution in [-0.4, -0.2) is 16.6 Å². The van der Waals surface area contributed by atoms with Gasteiger partial charge in [-0.3, -0.25) is 4.79 Å². The Morgan fingerprint density at radius 1 is 1.24 bits per heavy atom. The van der Waals surface area contributed by atoms with Gasteiger partial charge < -0.3 is 9.72 Å². The fraction of sp³-hybridized carbons (Fsp3) is 0.412. The van der Waals surface area contributed by atoms with Gasteiger partial charge >= 0.3 is 0 Å². The summed E-state index contributed by atoms with van der Waals surface area (Å²) in [4.78, 5) is 19.6. The number of hydrogen-bond acceptors (Lipinski definition) is 3. The van der Waals surface area contributed by atoms with Gasteiger partial charge in [0.2, 0.25) is 0 Å². The van der Waals surface area contributed by atoms with E-state index in [-0.39, 0.29) is 11.5 Å². The minimum Gasteiger partial charge on any atom is -0.494 e. The lowest BCUT2D eigenvalue weighted by Gasteiger charge is -2.10. The quantitative estimate of drug-likeness (QED) is 0.912. The van der Waals surface area contributed by atoms with Gasteiger partial charge in [-0.2, -0.15) is 0 Å². The van der Waals surface area contributed by atoms with Crippen LogP contribution in [0.4, 0.5) is 0 Å². The van der Waals surface area contributed by atoms with Crippen molar-refractivity contribution in [3.8, 4) is 17.1 Å². The van der Waals surface area contributed by atoms with Crippen LogP contribution in [0.3, 0.4) is 0 Å². The summed E-state index contributed by atoms with van der Waals surface area (Å²) in [6.07, 6.45) is 0.979. The van der Waals surface area contributed by atoms with Crippen LogP contribution in [0.5, 0.6) is 5.75 Å². The van der Waals surface area contributed by atoms with Crippen molar-refractivity contribution in [1.82, 2.24) is 9.97 Å². The lowest BCUT2D eigenvalue weighted by Crippen LogP contribution is -2.18. The fourth-order valence-corrected chi connectivity index (χ4v) is 2.34. The SMILES string of the molecule is CCCOc1ccc(-c2nc(C)c(C(C)C)c(=O)[nH]2)cc1. The number of nitrogens with one attached hydrogen (secondary N) is 1. The van der Waals surface area contributed by atoms with E-state index >= 15 is 0 Å². The van der Waals surface area contributed by atoms with E-state index in [1.54, 1.807) is 0 Å². The number of aromatic nitrogens is 2. The summed E-state index contributed by atoms with van der Waals surface area (Å²) < 4.78 is 5.55. The Labute approximate surface area is 125 Å². The van der Waals surface area contributed by atoms with Gasteiger partial charge in [0, 0.05) is 16.8 Å². The number of benzene rings is 1. The summed E-state index contributed by atoms with van der Waals surface area (Å²) in [5, 5.41) is 0. The molecule has 0 spiro atoms. The third-order valence-electron chi connectivity index (χ3n) is 3.32. The van der Waals surface area contributed by atoms with Crippen molar-refractivity contribution in [1.29, 1.82) is 0 Å². The van der Waals surface area contributed by atoms with Crippen molar-refractivity contribution >= 4 is 0 Å². The first-order chi connectivity index (χ1) is 10.0. The maximum Gasteiger partial charge on any atom is 0.254 e. The molecule has 1 aromatic heterocycles. The van der Waals surface area contributed by atoms with E-state index in [1.807, 2.05) is 45.0 Å². The molecule has 21 heavy (non-hydrogen) atoms. The van der Waals surface area contributed by atoms with Crippen molar-refractivity contribution in [2.45, 2.75) is 40.0 Å². The van der Waals surface area contributed by atoms with Crippen molar-refractivity contribution in [3.63, 3.8) is 0 Å². The maximum absolute atomic E-state index is 12.2. The van der Waals surface area contributed by atoms with Crippen LogP contribution >= 0.6 is 0 Å². The lowest BCUT2D eigenvalue weighted by atomic mass is 10.0. The zero-order valence-corrected chi connectivity index (χ0v) is 13.1. The molecular formula is C17H22N2O2. The third-order valence-corrected chi connectivity index (χ3v) is 3.32. The Morgan fingerprint density at radius 2 is 1.90 bits per heavy atom.